The van der Waals surface area contributed by atoms with Crippen LogP contribution >= 0.6 is 11.6 Å². The molecule has 0 saturated carbocycles. The maximum Gasteiger partial charge on any atom is 0.239 e. The van der Waals surface area contributed by atoms with Gasteiger partial charge < -0.3 is 5.32 Å². The van der Waals surface area contributed by atoms with Gasteiger partial charge in [0.05, 0.1) is 0 Å². The van der Waals surface area contributed by atoms with Gasteiger partial charge in [0.25, 0.3) is 0 Å². The van der Waals surface area contributed by atoms with E-state index < -0.39 is 0 Å². The maximum atomic E-state index is 11.4. The molecule has 0 radical (unpaired) electrons. The van der Waals surface area contributed by atoms with E-state index >= 15 is 0 Å². The molecule has 0 aliphatic heterocycles. The minimum absolute atomic E-state index is 0.0459. The molecule has 0 spiro atoms. The lowest BCUT2D eigenvalue weighted by Crippen LogP contribution is -2.12. The van der Waals surface area contributed by atoms with Crippen molar-refractivity contribution in [2.75, 3.05) is 11.2 Å². The number of hydrogen-bond donors (Lipinski definition) is 1. The number of halogens is 1. The van der Waals surface area contributed by atoms with Crippen LogP contribution in [0.25, 0.3) is 32.7 Å². The number of carbonyl (C=O) groups excluding carboxylic acids is 1. The smallest absolute Gasteiger partial charge is 0.239 e. The van der Waals surface area contributed by atoms with Crippen molar-refractivity contribution in [2.24, 2.45) is 0 Å². The van der Waals surface area contributed by atoms with E-state index in [1.54, 1.807) is 0 Å². The highest BCUT2D eigenvalue weighted by Gasteiger charge is 2.10. The highest BCUT2D eigenvalue weighted by molar-refractivity contribution is 6.29. The first-order valence-corrected chi connectivity index (χ1v) is 8.66. The lowest BCUT2D eigenvalue weighted by Gasteiger charge is -2.13. The molecule has 4 aromatic rings. The van der Waals surface area contributed by atoms with E-state index in [4.69, 9.17) is 11.6 Å². The topological polar surface area (TPSA) is 29.1 Å². The van der Waals surface area contributed by atoms with E-state index in [0.717, 1.165) is 11.3 Å². The molecule has 122 valence electrons. The Hall–Kier alpha value is -2.84. The average Bonchev–Trinajstić information content (AvgIpc) is 2.66. The number of hydrogen-bond acceptors (Lipinski definition) is 1. The monoisotopic (exact) mass is 345 g/mol. The Labute approximate surface area is 151 Å². The molecule has 0 saturated heterocycles. The van der Waals surface area contributed by atoms with Gasteiger partial charge in [-0.15, -0.1) is 11.6 Å². The van der Waals surface area contributed by atoms with Crippen LogP contribution in [0.1, 0.15) is 0 Å². The van der Waals surface area contributed by atoms with E-state index in [0.29, 0.717) is 0 Å². The predicted molar refractivity (Wildman–Crippen MR) is 106 cm³/mol. The maximum absolute atomic E-state index is 11.4. The molecule has 4 aromatic carbocycles. The van der Waals surface area contributed by atoms with Gasteiger partial charge in [-0.2, -0.15) is 0 Å². The van der Waals surface area contributed by atoms with Crippen molar-refractivity contribution in [2.45, 2.75) is 0 Å². The van der Waals surface area contributed by atoms with Crippen LogP contribution in [0.15, 0.2) is 78.9 Å². The lowest BCUT2D eigenvalue weighted by molar-refractivity contribution is -0.113. The van der Waals surface area contributed by atoms with Crippen LogP contribution in [0.5, 0.6) is 0 Å². The molecule has 3 heteroatoms. The van der Waals surface area contributed by atoms with Gasteiger partial charge in [-0.05, 0) is 50.9 Å². The van der Waals surface area contributed by atoms with Gasteiger partial charge in [0, 0.05) is 5.69 Å². The Morgan fingerprint density at radius 1 is 0.800 bits per heavy atom. The number of benzene rings is 4. The van der Waals surface area contributed by atoms with Gasteiger partial charge in [0.2, 0.25) is 5.91 Å². The summed E-state index contributed by atoms with van der Waals surface area (Å²) < 4.78 is 0. The van der Waals surface area contributed by atoms with Gasteiger partial charge >= 0.3 is 0 Å². The molecule has 0 aliphatic carbocycles. The van der Waals surface area contributed by atoms with Crippen molar-refractivity contribution >= 4 is 44.7 Å². The van der Waals surface area contributed by atoms with Crippen LogP contribution in [-0.4, -0.2) is 11.8 Å². The number of carbonyl (C=O) groups is 1. The van der Waals surface area contributed by atoms with Crippen LogP contribution in [0, 0.1) is 0 Å². The fourth-order valence-corrected chi connectivity index (χ4v) is 3.31. The zero-order valence-corrected chi connectivity index (χ0v) is 14.3. The Morgan fingerprint density at radius 2 is 1.36 bits per heavy atom. The molecule has 0 atom stereocenters. The molecule has 25 heavy (non-hydrogen) atoms. The number of fused-ring (bicyclic) bond motifs is 2. The second-order valence-electron chi connectivity index (χ2n) is 5.95. The highest BCUT2D eigenvalue weighted by atomic mass is 35.5. The summed E-state index contributed by atoms with van der Waals surface area (Å²) in [5, 5.41) is 7.65. The molecule has 1 amide bonds. The average molecular weight is 346 g/mol. The normalized spacial score (nSPS) is 10.9. The van der Waals surface area contributed by atoms with Crippen molar-refractivity contribution in [1.29, 1.82) is 0 Å². The van der Waals surface area contributed by atoms with Gasteiger partial charge in [-0.3, -0.25) is 4.79 Å². The van der Waals surface area contributed by atoms with E-state index in [1.807, 2.05) is 24.3 Å². The molecule has 0 bridgehead atoms. The van der Waals surface area contributed by atoms with Crippen molar-refractivity contribution < 1.29 is 4.79 Å². The van der Waals surface area contributed by atoms with E-state index in [1.165, 1.54) is 27.1 Å². The summed E-state index contributed by atoms with van der Waals surface area (Å²) in [6, 6.07) is 27.0. The number of nitrogens with one attached hydrogen (secondary N) is 1. The van der Waals surface area contributed by atoms with Crippen LogP contribution in [0.2, 0.25) is 0 Å². The van der Waals surface area contributed by atoms with Gasteiger partial charge in [-0.25, -0.2) is 0 Å². The molecule has 0 fully saturated rings. The lowest BCUT2D eigenvalue weighted by atomic mass is 9.92. The Balaban J connectivity index is 1.91. The fourth-order valence-electron chi connectivity index (χ4n) is 3.24. The number of amides is 1. The molecule has 0 heterocycles. The molecule has 0 unspecified atom stereocenters. The number of alkyl halides is 1. The minimum Gasteiger partial charge on any atom is -0.325 e. The number of rotatable bonds is 3. The summed E-state index contributed by atoms with van der Waals surface area (Å²) in [4.78, 5) is 11.4. The summed E-state index contributed by atoms with van der Waals surface area (Å²) in [7, 11) is 0. The largest absolute Gasteiger partial charge is 0.325 e. The summed E-state index contributed by atoms with van der Waals surface area (Å²) in [5.74, 6) is -0.250. The van der Waals surface area contributed by atoms with Gasteiger partial charge in [0.1, 0.15) is 5.88 Å². The zero-order chi connectivity index (χ0) is 17.2. The first kappa shape index (κ1) is 15.7. The van der Waals surface area contributed by atoms with Crippen molar-refractivity contribution in [3.63, 3.8) is 0 Å². The zero-order valence-electron chi connectivity index (χ0n) is 13.5. The summed E-state index contributed by atoms with van der Waals surface area (Å²) in [6.07, 6.45) is 0. The van der Waals surface area contributed by atoms with E-state index in [-0.39, 0.29) is 11.8 Å². The third-order valence-electron chi connectivity index (χ3n) is 4.35. The second kappa shape index (κ2) is 6.58. The predicted octanol–water partition coefficient (Wildman–Crippen LogP) is 5.84. The van der Waals surface area contributed by atoms with Crippen molar-refractivity contribution in [1.82, 2.24) is 0 Å². The van der Waals surface area contributed by atoms with E-state index in [2.05, 4.69) is 59.9 Å². The summed E-state index contributed by atoms with van der Waals surface area (Å²) in [6.45, 7) is 0. The minimum atomic E-state index is -0.204. The quantitative estimate of drug-likeness (QED) is 0.367. The first-order valence-electron chi connectivity index (χ1n) is 8.13. The van der Waals surface area contributed by atoms with Gasteiger partial charge in [-0.1, -0.05) is 60.7 Å². The Kier molecular flexibility index (Phi) is 4.12. The van der Waals surface area contributed by atoms with Crippen LogP contribution in [0.4, 0.5) is 5.69 Å². The van der Waals surface area contributed by atoms with E-state index in [9.17, 15) is 4.79 Å². The first-order chi connectivity index (χ1) is 12.3. The SMILES string of the molecule is O=C(CCl)Nc1ccc(-c2c3ccccc3cc3ccccc23)cc1. The van der Waals surface area contributed by atoms with Crippen LogP contribution in [0.3, 0.4) is 0 Å². The molecule has 0 aliphatic rings. The Bertz CT molecular complexity index is 1020. The third-order valence-corrected chi connectivity index (χ3v) is 4.59. The number of anilines is 1. The third kappa shape index (κ3) is 2.97. The highest BCUT2D eigenvalue weighted by Crippen LogP contribution is 2.36. The molecule has 2 nitrogen and oxygen atoms in total. The summed E-state index contributed by atoms with van der Waals surface area (Å²) in [5.41, 5.74) is 3.08. The molecule has 4 rings (SSSR count). The van der Waals surface area contributed by atoms with Crippen molar-refractivity contribution in [3.05, 3.63) is 78.9 Å². The van der Waals surface area contributed by atoms with Crippen LogP contribution in [-0.2, 0) is 4.79 Å². The summed E-state index contributed by atoms with van der Waals surface area (Å²) >= 11 is 5.55. The molecule has 1 N–H and O–H groups in total. The Morgan fingerprint density at radius 3 is 1.92 bits per heavy atom. The molecular weight excluding hydrogens is 330 g/mol. The molecule has 0 aromatic heterocycles. The standard InChI is InChI=1S/C22H16ClNO/c23-14-21(25)24-18-11-9-15(10-12-18)22-19-7-3-1-5-16(19)13-17-6-2-4-8-20(17)22/h1-13H,14H2,(H,24,25). The van der Waals surface area contributed by atoms with Crippen LogP contribution < -0.4 is 5.32 Å². The van der Waals surface area contributed by atoms with Gasteiger partial charge in [0.15, 0.2) is 0 Å². The van der Waals surface area contributed by atoms with Crippen molar-refractivity contribution in [3.8, 4) is 11.1 Å². The fraction of sp³-hybridized carbons (Fsp3) is 0.0455. The molecular formula is C22H16ClNO. The second-order valence-corrected chi connectivity index (χ2v) is 6.22.